The lowest BCUT2D eigenvalue weighted by atomic mass is 10.1. The highest BCUT2D eigenvalue weighted by Crippen LogP contribution is 2.30. The summed E-state index contributed by atoms with van der Waals surface area (Å²) in [5.41, 5.74) is 2.12. The second-order valence-corrected chi connectivity index (χ2v) is 8.72. The van der Waals surface area contributed by atoms with E-state index < -0.39 is 34.5 Å². The fourth-order valence-corrected chi connectivity index (χ4v) is 3.32. The van der Waals surface area contributed by atoms with E-state index in [2.05, 4.69) is 20.3 Å². The number of rotatable bonds is 6. The van der Waals surface area contributed by atoms with Crippen molar-refractivity contribution in [3.05, 3.63) is 36.9 Å². The van der Waals surface area contributed by atoms with Gasteiger partial charge >= 0.3 is 6.18 Å². The second-order valence-electron chi connectivity index (χ2n) is 6.70. The summed E-state index contributed by atoms with van der Waals surface area (Å²) in [7, 11) is -3.45. The van der Waals surface area contributed by atoms with E-state index in [1.54, 1.807) is 12.3 Å². The van der Waals surface area contributed by atoms with E-state index in [0.29, 0.717) is 27.8 Å². The van der Waals surface area contributed by atoms with Gasteiger partial charge in [-0.2, -0.15) is 13.2 Å². The lowest BCUT2D eigenvalue weighted by Crippen LogP contribution is -2.42. The van der Waals surface area contributed by atoms with Crippen molar-refractivity contribution in [2.45, 2.75) is 24.0 Å². The Balaban J connectivity index is 1.84. The van der Waals surface area contributed by atoms with Gasteiger partial charge in [0.15, 0.2) is 9.84 Å². The summed E-state index contributed by atoms with van der Waals surface area (Å²) in [6, 6.07) is 2.21. The van der Waals surface area contributed by atoms with Gasteiger partial charge in [-0.25, -0.2) is 13.4 Å². The zero-order chi connectivity index (χ0) is 22.1. The molecule has 3 heterocycles. The number of nitrogens with one attached hydrogen (secondary N) is 3. The fourth-order valence-electron chi connectivity index (χ4n) is 2.75. The van der Waals surface area contributed by atoms with Gasteiger partial charge in [-0.1, -0.05) is 0 Å². The summed E-state index contributed by atoms with van der Waals surface area (Å²) in [5, 5.41) is 5.18. The van der Waals surface area contributed by atoms with Gasteiger partial charge in [-0.15, -0.1) is 0 Å². The number of pyridine rings is 2. The van der Waals surface area contributed by atoms with Crippen molar-refractivity contribution in [2.75, 3.05) is 18.1 Å². The molecule has 0 aliphatic rings. The maximum Gasteiger partial charge on any atom is 0.405 e. The highest BCUT2D eigenvalue weighted by Gasteiger charge is 2.28. The first-order valence-electron chi connectivity index (χ1n) is 8.67. The molecular weight excluding hydrogens is 423 g/mol. The number of carbonyl (C=O) groups is 1. The first kappa shape index (κ1) is 21.6. The van der Waals surface area contributed by atoms with Crippen LogP contribution < -0.4 is 10.6 Å². The molecule has 3 N–H and O–H groups in total. The average molecular weight is 441 g/mol. The quantitative estimate of drug-likeness (QED) is 0.541. The molecule has 0 aromatic carbocycles. The molecule has 160 valence electrons. The van der Waals surface area contributed by atoms with Crippen molar-refractivity contribution in [3.8, 4) is 11.1 Å². The van der Waals surface area contributed by atoms with Crippen molar-refractivity contribution in [3.63, 3.8) is 0 Å². The van der Waals surface area contributed by atoms with Crippen molar-refractivity contribution < 1.29 is 26.4 Å². The maximum absolute atomic E-state index is 12.3. The molecule has 8 nitrogen and oxygen atoms in total. The third-order valence-corrected chi connectivity index (χ3v) is 5.30. The Hall–Kier alpha value is -3.15. The number of amides is 1. The number of nitrogens with zero attached hydrogens (tertiary/aromatic N) is 2. The van der Waals surface area contributed by atoms with Crippen LogP contribution in [0.3, 0.4) is 0 Å². The molecule has 0 aliphatic heterocycles. The molecule has 30 heavy (non-hydrogen) atoms. The SMILES string of the molecule is CC(Nc1cncc(-c2c[nH]c3ncc(S(C)(=O)=O)cc23)c1)C(=O)NCC(F)(F)F. The number of halogens is 3. The van der Waals surface area contributed by atoms with Crippen LogP contribution in [0.25, 0.3) is 22.2 Å². The van der Waals surface area contributed by atoms with Crippen LogP contribution in [0.5, 0.6) is 0 Å². The van der Waals surface area contributed by atoms with Crippen LogP contribution in [-0.2, 0) is 14.6 Å². The van der Waals surface area contributed by atoms with Crippen molar-refractivity contribution in [2.24, 2.45) is 0 Å². The highest BCUT2D eigenvalue weighted by molar-refractivity contribution is 7.90. The van der Waals surface area contributed by atoms with Gasteiger partial charge in [0.05, 0.1) is 10.6 Å². The molecule has 0 radical (unpaired) electrons. The van der Waals surface area contributed by atoms with Crippen LogP contribution in [0.4, 0.5) is 18.9 Å². The molecule has 3 aromatic heterocycles. The fraction of sp³-hybridized carbons (Fsp3) is 0.278. The summed E-state index contributed by atoms with van der Waals surface area (Å²) in [4.78, 5) is 23.1. The number of carbonyl (C=O) groups excluding carboxylic acids is 1. The summed E-state index contributed by atoms with van der Waals surface area (Å²) < 4.78 is 60.4. The average Bonchev–Trinajstić information content (AvgIpc) is 3.08. The normalized spacial score (nSPS) is 13.2. The van der Waals surface area contributed by atoms with Gasteiger partial charge in [-0.3, -0.25) is 9.78 Å². The zero-order valence-electron chi connectivity index (χ0n) is 15.9. The van der Waals surface area contributed by atoms with Crippen molar-refractivity contribution >= 4 is 32.5 Å². The molecule has 1 atom stereocenters. The molecule has 0 saturated carbocycles. The lowest BCUT2D eigenvalue weighted by Gasteiger charge is -2.16. The largest absolute Gasteiger partial charge is 0.405 e. The molecular formula is C18H18F3N5O3S. The minimum absolute atomic E-state index is 0.0630. The Morgan fingerprint density at radius 2 is 1.97 bits per heavy atom. The Kier molecular flexibility index (Phi) is 5.70. The standard InChI is InChI=1S/C18H18F3N5O3S/c1-10(17(27)25-9-18(19,20)21)26-12-3-11(5-22-6-12)15-8-24-16-14(15)4-13(7-23-16)30(2,28)29/h3-8,10,26H,9H2,1-2H3,(H,23,24)(H,25,27). The molecule has 0 spiro atoms. The van der Waals surface area contributed by atoms with Crippen molar-refractivity contribution in [1.29, 1.82) is 0 Å². The molecule has 0 bridgehead atoms. The van der Waals surface area contributed by atoms with E-state index in [9.17, 15) is 26.4 Å². The molecule has 3 rings (SSSR count). The molecule has 0 fully saturated rings. The number of fused-ring (bicyclic) bond motifs is 1. The Bertz CT molecular complexity index is 1190. The topological polar surface area (TPSA) is 117 Å². The van der Waals surface area contributed by atoms with E-state index >= 15 is 0 Å². The number of alkyl halides is 3. The molecule has 12 heteroatoms. The van der Waals surface area contributed by atoms with Gasteiger partial charge in [-0.05, 0) is 19.1 Å². The van der Waals surface area contributed by atoms with E-state index in [1.165, 1.54) is 31.6 Å². The van der Waals surface area contributed by atoms with E-state index in [-0.39, 0.29) is 4.90 Å². The Labute approximate surface area is 169 Å². The molecule has 0 aliphatic carbocycles. The predicted molar refractivity (Wildman–Crippen MR) is 105 cm³/mol. The van der Waals surface area contributed by atoms with Gasteiger partial charge in [0.25, 0.3) is 0 Å². The van der Waals surface area contributed by atoms with Gasteiger partial charge in [0, 0.05) is 47.6 Å². The van der Waals surface area contributed by atoms with Crippen LogP contribution >= 0.6 is 0 Å². The monoisotopic (exact) mass is 441 g/mol. The summed E-state index contributed by atoms with van der Waals surface area (Å²) in [6.45, 7) is 0.00747. The lowest BCUT2D eigenvalue weighted by molar-refractivity contribution is -0.138. The summed E-state index contributed by atoms with van der Waals surface area (Å²) in [6.07, 6.45) is 2.45. The van der Waals surface area contributed by atoms with Crippen LogP contribution in [0.15, 0.2) is 41.8 Å². The first-order valence-corrected chi connectivity index (χ1v) is 10.6. The first-order chi connectivity index (χ1) is 13.9. The van der Waals surface area contributed by atoms with Gasteiger partial charge < -0.3 is 15.6 Å². The van der Waals surface area contributed by atoms with Crippen LogP contribution in [0.2, 0.25) is 0 Å². The summed E-state index contributed by atoms with van der Waals surface area (Å²) in [5.74, 6) is -0.813. The number of hydrogen-bond donors (Lipinski definition) is 3. The van der Waals surface area contributed by atoms with Crippen LogP contribution in [0.1, 0.15) is 6.92 Å². The Morgan fingerprint density at radius 3 is 2.63 bits per heavy atom. The molecule has 1 amide bonds. The van der Waals surface area contributed by atoms with Crippen molar-refractivity contribution in [1.82, 2.24) is 20.3 Å². The minimum Gasteiger partial charge on any atom is -0.373 e. The summed E-state index contributed by atoms with van der Waals surface area (Å²) >= 11 is 0. The van der Waals surface area contributed by atoms with Gasteiger partial charge in [0.1, 0.15) is 18.2 Å². The molecule has 0 saturated heterocycles. The van der Waals surface area contributed by atoms with Crippen LogP contribution in [-0.4, -0.2) is 54.3 Å². The van der Waals surface area contributed by atoms with E-state index in [4.69, 9.17) is 0 Å². The maximum atomic E-state index is 12.3. The third-order valence-electron chi connectivity index (χ3n) is 4.22. The number of H-pyrrole nitrogens is 1. The number of aromatic nitrogens is 3. The number of hydrogen-bond acceptors (Lipinski definition) is 6. The Morgan fingerprint density at radius 1 is 1.23 bits per heavy atom. The highest BCUT2D eigenvalue weighted by atomic mass is 32.2. The second kappa shape index (κ2) is 7.94. The van der Waals surface area contributed by atoms with Crippen LogP contribution in [0, 0.1) is 0 Å². The molecule has 3 aromatic rings. The number of aromatic amines is 1. The number of sulfone groups is 1. The predicted octanol–water partition coefficient (Wildman–Crippen LogP) is 2.51. The minimum atomic E-state index is -4.49. The van der Waals surface area contributed by atoms with E-state index in [0.717, 1.165) is 6.26 Å². The third kappa shape index (κ3) is 5.06. The number of anilines is 1. The van der Waals surface area contributed by atoms with E-state index in [1.807, 2.05) is 5.32 Å². The smallest absolute Gasteiger partial charge is 0.373 e. The van der Waals surface area contributed by atoms with Gasteiger partial charge in [0.2, 0.25) is 5.91 Å². The molecule has 1 unspecified atom stereocenters. The zero-order valence-corrected chi connectivity index (χ0v) is 16.7.